The number of anilines is 2. The van der Waals surface area contributed by atoms with E-state index in [9.17, 15) is 13.6 Å². The van der Waals surface area contributed by atoms with Crippen LogP contribution in [0.2, 0.25) is 0 Å². The lowest BCUT2D eigenvalue weighted by Gasteiger charge is -2.22. The fraction of sp³-hybridized carbons (Fsp3) is 0.200. The number of rotatable bonds is 7. The summed E-state index contributed by atoms with van der Waals surface area (Å²) in [7, 11) is 5.71. The van der Waals surface area contributed by atoms with Gasteiger partial charge in [-0.3, -0.25) is 4.79 Å². The number of benzene rings is 2. The summed E-state index contributed by atoms with van der Waals surface area (Å²) in [6.07, 6.45) is 7.06. The van der Waals surface area contributed by atoms with Crippen molar-refractivity contribution in [2.75, 3.05) is 39.5 Å². The third-order valence-corrected chi connectivity index (χ3v) is 6.86. The van der Waals surface area contributed by atoms with E-state index in [2.05, 4.69) is 15.3 Å². The van der Waals surface area contributed by atoms with Crippen LogP contribution in [0.4, 0.5) is 20.4 Å². The predicted octanol–water partition coefficient (Wildman–Crippen LogP) is 5.69. The molecule has 1 N–H and O–H groups in total. The molecule has 0 radical (unpaired) electrons. The lowest BCUT2D eigenvalue weighted by Crippen LogP contribution is -2.33. The Morgan fingerprint density at radius 3 is 2.42 bits per heavy atom. The Hall–Kier alpha value is -4.21. The van der Waals surface area contributed by atoms with Crippen LogP contribution in [0, 0.1) is 11.6 Å². The monoisotopic (exact) mass is 560 g/mol. The molecule has 0 bridgehead atoms. The molecular weight excluding hydrogens is 534 g/mol. The van der Waals surface area contributed by atoms with Gasteiger partial charge in [-0.15, -0.1) is 0 Å². The smallest absolute Gasteiger partial charge is 0.253 e. The van der Waals surface area contributed by atoms with Crippen molar-refractivity contribution < 1.29 is 13.6 Å². The molecule has 1 amide bonds. The van der Waals surface area contributed by atoms with Crippen LogP contribution in [0.5, 0.6) is 0 Å². The Labute approximate surface area is 236 Å². The second kappa shape index (κ2) is 11.5. The molecule has 0 saturated heterocycles. The fourth-order valence-electron chi connectivity index (χ4n) is 4.50. The number of nitrogens with zero attached hydrogens (tertiary/aromatic N) is 5. The van der Waals surface area contributed by atoms with E-state index in [-0.39, 0.29) is 16.6 Å². The molecule has 7 nitrogen and oxygen atoms in total. The second-order valence-corrected chi connectivity index (χ2v) is 10.2. The molecule has 40 heavy (non-hydrogen) atoms. The molecule has 10 heteroatoms. The van der Waals surface area contributed by atoms with Gasteiger partial charge in [-0.2, -0.15) is 0 Å². The lowest BCUT2D eigenvalue weighted by molar-refractivity contribution is 0.0786. The molecule has 0 saturated carbocycles. The first-order valence-corrected chi connectivity index (χ1v) is 13.0. The molecule has 1 aliphatic carbocycles. The van der Waals surface area contributed by atoms with E-state index in [1.165, 1.54) is 24.3 Å². The second-order valence-electron chi connectivity index (χ2n) is 9.77. The van der Waals surface area contributed by atoms with Gasteiger partial charge in [0, 0.05) is 54.9 Å². The quantitative estimate of drug-likeness (QED) is 0.402. The number of aliphatic imine (C=N–C) groups is 1. The highest BCUT2D eigenvalue weighted by Crippen LogP contribution is 2.41. The summed E-state index contributed by atoms with van der Waals surface area (Å²) in [4.78, 5) is 29.9. The van der Waals surface area contributed by atoms with Crippen molar-refractivity contribution in [2.24, 2.45) is 4.99 Å². The Bertz CT molecular complexity index is 1570. The number of allylic oxidation sites excluding steroid dienone is 5. The van der Waals surface area contributed by atoms with Gasteiger partial charge in [0.25, 0.3) is 5.91 Å². The fourth-order valence-corrected chi connectivity index (χ4v) is 4.66. The van der Waals surface area contributed by atoms with E-state index in [1.807, 2.05) is 25.1 Å². The molecule has 0 fully saturated rings. The van der Waals surface area contributed by atoms with Crippen LogP contribution >= 0.6 is 11.6 Å². The van der Waals surface area contributed by atoms with Crippen molar-refractivity contribution in [2.45, 2.75) is 6.42 Å². The summed E-state index contributed by atoms with van der Waals surface area (Å²) >= 11 is 6.27. The SMILES string of the molecule is CN(C)CCN(C)C(=O)c1ccc(Nc2ncc3c(n2)C2=CN=C(Cl)C=C(c4c(F)cccc4F)C2=CC3)cc1. The predicted molar refractivity (Wildman–Crippen MR) is 155 cm³/mol. The minimum absolute atomic E-state index is 0.0626. The molecule has 3 aromatic rings. The van der Waals surface area contributed by atoms with Crippen molar-refractivity contribution in [3.05, 3.63) is 107 Å². The van der Waals surface area contributed by atoms with Crippen LogP contribution in [-0.4, -0.2) is 65.1 Å². The molecule has 1 aromatic heterocycles. The van der Waals surface area contributed by atoms with Gasteiger partial charge in [-0.05, 0) is 74.1 Å². The van der Waals surface area contributed by atoms with Crippen LogP contribution in [0.15, 0.2) is 77.6 Å². The number of likely N-dealkylation sites (N-methyl/N-ethyl adjacent to an activating group) is 2. The van der Waals surface area contributed by atoms with E-state index in [1.54, 1.807) is 48.6 Å². The molecule has 0 spiro atoms. The number of halogens is 3. The van der Waals surface area contributed by atoms with E-state index >= 15 is 0 Å². The van der Waals surface area contributed by atoms with E-state index in [0.29, 0.717) is 52.6 Å². The number of hydrogen-bond acceptors (Lipinski definition) is 6. The Morgan fingerprint density at radius 1 is 1.00 bits per heavy atom. The van der Waals surface area contributed by atoms with Crippen molar-refractivity contribution in [1.29, 1.82) is 0 Å². The highest BCUT2D eigenvalue weighted by atomic mass is 35.5. The maximum atomic E-state index is 14.8. The number of nitrogens with one attached hydrogen (secondary N) is 1. The minimum atomic E-state index is -0.695. The zero-order valence-electron chi connectivity index (χ0n) is 22.3. The molecule has 0 unspecified atom stereocenters. The molecule has 2 aromatic carbocycles. The minimum Gasteiger partial charge on any atom is -0.340 e. The average Bonchev–Trinajstić information content (AvgIpc) is 3.10. The number of fused-ring (bicyclic) bond motifs is 3. The van der Waals surface area contributed by atoms with Gasteiger partial charge in [0.05, 0.1) is 11.3 Å². The van der Waals surface area contributed by atoms with Gasteiger partial charge < -0.3 is 15.1 Å². The van der Waals surface area contributed by atoms with E-state index in [0.717, 1.165) is 12.1 Å². The summed E-state index contributed by atoms with van der Waals surface area (Å²) in [6.45, 7) is 1.39. The average molecular weight is 561 g/mol. The summed E-state index contributed by atoms with van der Waals surface area (Å²) in [5, 5.41) is 3.27. The van der Waals surface area contributed by atoms with Crippen LogP contribution in [-0.2, 0) is 6.42 Å². The van der Waals surface area contributed by atoms with Gasteiger partial charge >= 0.3 is 0 Å². The van der Waals surface area contributed by atoms with E-state index in [4.69, 9.17) is 16.6 Å². The third-order valence-electron chi connectivity index (χ3n) is 6.66. The molecular formula is C30H27ClF2N6O. The highest BCUT2D eigenvalue weighted by molar-refractivity contribution is 6.69. The van der Waals surface area contributed by atoms with Crippen molar-refractivity contribution >= 4 is 45.5 Å². The Kier molecular flexibility index (Phi) is 7.86. The largest absolute Gasteiger partial charge is 0.340 e. The number of amides is 1. The number of aromatic nitrogens is 2. The first-order valence-electron chi connectivity index (χ1n) is 12.7. The zero-order valence-corrected chi connectivity index (χ0v) is 23.0. The molecule has 1 aliphatic heterocycles. The maximum Gasteiger partial charge on any atom is 0.253 e. The first-order chi connectivity index (χ1) is 19.2. The van der Waals surface area contributed by atoms with Gasteiger partial charge in [0.15, 0.2) is 0 Å². The number of hydrogen-bond donors (Lipinski definition) is 1. The summed E-state index contributed by atoms with van der Waals surface area (Å²) in [5.74, 6) is -1.13. The van der Waals surface area contributed by atoms with Crippen LogP contribution < -0.4 is 5.32 Å². The standard InChI is InChI=1S/C30H27ClF2N6O/c1-38(2)13-14-39(3)29(40)18-7-10-20(11-8-18)36-30-35-16-19-9-12-21-22(27-24(32)5-4-6-25(27)33)15-26(31)34-17-23(21)28(19)37-30/h4-8,10-12,15-17H,9,13-14H2,1-3H3,(H,35,36,37). The number of carbonyl (C=O) groups is 1. The highest BCUT2D eigenvalue weighted by Gasteiger charge is 2.27. The zero-order chi connectivity index (χ0) is 28.4. The van der Waals surface area contributed by atoms with Crippen LogP contribution in [0.3, 0.4) is 0 Å². The van der Waals surface area contributed by atoms with Gasteiger partial charge in [-0.25, -0.2) is 23.7 Å². The van der Waals surface area contributed by atoms with Crippen molar-refractivity contribution in [3.63, 3.8) is 0 Å². The lowest BCUT2D eigenvalue weighted by atomic mass is 9.84. The summed E-state index contributed by atoms with van der Waals surface area (Å²) in [6, 6.07) is 10.8. The molecule has 2 heterocycles. The molecule has 0 atom stereocenters. The summed E-state index contributed by atoms with van der Waals surface area (Å²) < 4.78 is 29.6. The van der Waals surface area contributed by atoms with Gasteiger partial charge in [-0.1, -0.05) is 23.7 Å². The molecule has 204 valence electrons. The molecule has 5 rings (SSSR count). The third kappa shape index (κ3) is 5.71. The van der Waals surface area contributed by atoms with Gasteiger partial charge in [0.1, 0.15) is 16.8 Å². The van der Waals surface area contributed by atoms with E-state index < -0.39 is 11.6 Å². The topological polar surface area (TPSA) is 73.7 Å². The Balaban J connectivity index is 1.40. The van der Waals surface area contributed by atoms with Crippen molar-refractivity contribution in [3.8, 4) is 0 Å². The number of carbonyl (C=O) groups excluding carboxylic acids is 1. The maximum absolute atomic E-state index is 14.8. The molecule has 2 aliphatic rings. The van der Waals surface area contributed by atoms with Crippen LogP contribution in [0.25, 0.3) is 11.1 Å². The summed E-state index contributed by atoms with van der Waals surface area (Å²) in [5.41, 5.74) is 3.98. The van der Waals surface area contributed by atoms with Gasteiger partial charge in [0.2, 0.25) is 5.95 Å². The van der Waals surface area contributed by atoms with Crippen LogP contribution in [0.1, 0.15) is 27.2 Å². The first kappa shape index (κ1) is 27.4. The van der Waals surface area contributed by atoms with Crippen molar-refractivity contribution in [1.82, 2.24) is 19.8 Å². The Morgan fingerprint density at radius 2 is 1.73 bits per heavy atom. The normalized spacial score (nSPS) is 14.3.